The van der Waals surface area contributed by atoms with Crippen LogP contribution < -0.4 is 20.3 Å². The van der Waals surface area contributed by atoms with E-state index in [4.69, 9.17) is 4.74 Å². The third-order valence-corrected chi connectivity index (χ3v) is 5.35. The quantitative estimate of drug-likeness (QED) is 0.316. The summed E-state index contributed by atoms with van der Waals surface area (Å²) in [6, 6.07) is 16.6. The van der Waals surface area contributed by atoms with Crippen molar-refractivity contribution in [2.75, 3.05) is 38.7 Å². The van der Waals surface area contributed by atoms with Gasteiger partial charge < -0.3 is 20.3 Å². The number of ether oxygens (including phenoxy) is 1. The Labute approximate surface area is 193 Å². The first kappa shape index (κ1) is 22.8. The predicted molar refractivity (Wildman–Crippen MR) is 131 cm³/mol. The molecule has 0 amide bonds. The molecule has 0 radical (unpaired) electrons. The summed E-state index contributed by atoms with van der Waals surface area (Å²) in [5.74, 6) is 2.33. The molecule has 1 heterocycles. The number of hydrogen-bond acceptors (Lipinski definition) is 3. The maximum Gasteiger partial charge on any atom is 0.191 e. The van der Waals surface area contributed by atoms with Gasteiger partial charge in [0.1, 0.15) is 5.75 Å². The smallest absolute Gasteiger partial charge is 0.191 e. The van der Waals surface area contributed by atoms with Crippen molar-refractivity contribution in [1.82, 2.24) is 10.6 Å². The second kappa shape index (κ2) is 11.5. The van der Waals surface area contributed by atoms with E-state index in [1.807, 2.05) is 19.2 Å². The van der Waals surface area contributed by atoms with Gasteiger partial charge in [-0.15, -0.1) is 24.0 Å². The molecule has 1 aliphatic rings. The molecule has 0 aliphatic carbocycles. The van der Waals surface area contributed by atoms with E-state index < -0.39 is 0 Å². The first-order valence-corrected chi connectivity index (χ1v) is 10.0. The molecular formula is C21H28BrIN4O. The van der Waals surface area contributed by atoms with E-state index in [0.29, 0.717) is 5.92 Å². The van der Waals surface area contributed by atoms with E-state index in [1.54, 1.807) is 7.11 Å². The molecule has 2 aromatic carbocycles. The summed E-state index contributed by atoms with van der Waals surface area (Å²) in [7, 11) is 3.49. The zero-order valence-electron chi connectivity index (χ0n) is 16.3. The first-order valence-electron chi connectivity index (χ1n) is 9.26. The summed E-state index contributed by atoms with van der Waals surface area (Å²) in [4.78, 5) is 6.79. The highest BCUT2D eigenvalue weighted by Gasteiger charge is 2.22. The van der Waals surface area contributed by atoms with Gasteiger partial charge in [0.15, 0.2) is 5.96 Å². The number of methoxy groups -OCH3 is 1. The Bertz CT molecular complexity index is 769. The van der Waals surface area contributed by atoms with Crippen molar-refractivity contribution in [1.29, 1.82) is 0 Å². The molecule has 0 spiro atoms. The van der Waals surface area contributed by atoms with Crippen LogP contribution in [0.15, 0.2) is 58.0 Å². The molecular weight excluding hydrogens is 531 g/mol. The molecule has 5 nitrogen and oxygen atoms in total. The van der Waals surface area contributed by atoms with Crippen LogP contribution in [0.5, 0.6) is 5.75 Å². The highest BCUT2D eigenvalue weighted by Crippen LogP contribution is 2.25. The third kappa shape index (κ3) is 6.55. The van der Waals surface area contributed by atoms with Crippen LogP contribution in [0.1, 0.15) is 12.0 Å². The summed E-state index contributed by atoms with van der Waals surface area (Å²) in [6.07, 6.45) is 1.19. The molecule has 28 heavy (non-hydrogen) atoms. The molecule has 1 saturated heterocycles. The van der Waals surface area contributed by atoms with Crippen molar-refractivity contribution in [2.45, 2.75) is 13.0 Å². The van der Waals surface area contributed by atoms with Gasteiger partial charge in [-0.25, -0.2) is 0 Å². The molecule has 0 saturated carbocycles. The lowest BCUT2D eigenvalue weighted by Gasteiger charge is -2.19. The van der Waals surface area contributed by atoms with Crippen molar-refractivity contribution in [2.24, 2.45) is 10.9 Å². The normalized spacial score (nSPS) is 16.5. The fourth-order valence-electron chi connectivity index (χ4n) is 3.30. The van der Waals surface area contributed by atoms with Gasteiger partial charge in [0.25, 0.3) is 0 Å². The summed E-state index contributed by atoms with van der Waals surface area (Å²) >= 11 is 3.56. The van der Waals surface area contributed by atoms with Gasteiger partial charge in [-0.1, -0.05) is 34.1 Å². The fraction of sp³-hybridized carbons (Fsp3) is 0.381. The second-order valence-electron chi connectivity index (χ2n) is 6.74. The van der Waals surface area contributed by atoms with Crippen LogP contribution in [0, 0.1) is 5.92 Å². The van der Waals surface area contributed by atoms with Crippen molar-refractivity contribution in [3.05, 3.63) is 58.6 Å². The molecule has 7 heteroatoms. The Hall–Kier alpha value is -1.48. The van der Waals surface area contributed by atoms with E-state index in [9.17, 15) is 0 Å². The summed E-state index contributed by atoms with van der Waals surface area (Å²) in [5.41, 5.74) is 2.48. The lowest BCUT2D eigenvalue weighted by atomic mass is 10.1. The summed E-state index contributed by atoms with van der Waals surface area (Å²) in [5, 5.41) is 6.84. The number of nitrogens with one attached hydrogen (secondary N) is 2. The van der Waals surface area contributed by atoms with E-state index in [-0.39, 0.29) is 24.0 Å². The Balaban J connectivity index is 0.00000280. The number of aliphatic imine (C=N–C) groups is 1. The highest BCUT2D eigenvalue weighted by atomic mass is 127. The van der Waals surface area contributed by atoms with Crippen LogP contribution in [0.25, 0.3) is 0 Å². The number of anilines is 1. The van der Waals surface area contributed by atoms with Crippen LogP contribution in [-0.4, -0.2) is 39.8 Å². The Morgan fingerprint density at radius 3 is 2.68 bits per heavy atom. The number of guanidine groups is 1. The Kier molecular flexibility index (Phi) is 9.37. The third-order valence-electron chi connectivity index (χ3n) is 4.86. The van der Waals surface area contributed by atoms with Crippen molar-refractivity contribution < 1.29 is 4.74 Å². The zero-order chi connectivity index (χ0) is 19.1. The van der Waals surface area contributed by atoms with Gasteiger partial charge in [0.05, 0.1) is 7.11 Å². The molecule has 0 bridgehead atoms. The molecule has 0 aromatic heterocycles. The van der Waals surface area contributed by atoms with Crippen LogP contribution in [0.4, 0.5) is 5.69 Å². The molecule has 1 atom stereocenters. The van der Waals surface area contributed by atoms with Crippen LogP contribution in [-0.2, 0) is 6.54 Å². The van der Waals surface area contributed by atoms with Crippen molar-refractivity contribution >= 4 is 51.6 Å². The van der Waals surface area contributed by atoms with Gasteiger partial charge >= 0.3 is 0 Å². The van der Waals surface area contributed by atoms with E-state index in [0.717, 1.165) is 42.4 Å². The molecule has 2 N–H and O–H groups in total. The SMILES string of the molecule is CN=C(NCc1ccc(OC)cc1)NCC1CCN(c2cccc(Br)c2)C1.I. The molecule has 2 aromatic rings. The molecule has 3 rings (SSSR count). The minimum Gasteiger partial charge on any atom is -0.497 e. The van der Waals surface area contributed by atoms with Crippen molar-refractivity contribution in [3.8, 4) is 5.75 Å². The number of nitrogens with zero attached hydrogens (tertiary/aromatic N) is 2. The molecule has 1 fully saturated rings. The van der Waals surface area contributed by atoms with E-state index in [1.165, 1.54) is 17.7 Å². The fourth-order valence-corrected chi connectivity index (χ4v) is 3.68. The first-order chi connectivity index (χ1) is 13.2. The lowest BCUT2D eigenvalue weighted by Crippen LogP contribution is -2.39. The standard InChI is InChI=1S/C21H27BrN4O.HI/c1-23-21(24-13-16-6-8-20(27-2)9-7-16)25-14-17-10-11-26(15-17)19-5-3-4-18(22)12-19;/h3-9,12,17H,10-11,13-15H2,1-2H3,(H2,23,24,25);1H. The minimum atomic E-state index is 0. The minimum absolute atomic E-state index is 0. The average Bonchev–Trinajstić information content (AvgIpc) is 3.18. The predicted octanol–water partition coefficient (Wildman–Crippen LogP) is 4.27. The Morgan fingerprint density at radius 1 is 1.21 bits per heavy atom. The maximum atomic E-state index is 5.20. The van der Waals surface area contributed by atoms with Crippen LogP contribution in [0.2, 0.25) is 0 Å². The molecule has 1 unspecified atom stereocenters. The van der Waals surface area contributed by atoms with Crippen LogP contribution >= 0.6 is 39.9 Å². The van der Waals surface area contributed by atoms with Gasteiger partial charge in [0.2, 0.25) is 0 Å². The second-order valence-corrected chi connectivity index (χ2v) is 7.65. The number of hydrogen-bond donors (Lipinski definition) is 2. The van der Waals surface area contributed by atoms with E-state index in [2.05, 4.69) is 72.9 Å². The van der Waals surface area contributed by atoms with Gasteiger partial charge in [0, 0.05) is 43.4 Å². The summed E-state index contributed by atoms with van der Waals surface area (Å²) in [6.45, 7) is 3.82. The highest BCUT2D eigenvalue weighted by molar-refractivity contribution is 14.0. The lowest BCUT2D eigenvalue weighted by molar-refractivity contribution is 0.414. The largest absolute Gasteiger partial charge is 0.497 e. The zero-order valence-corrected chi connectivity index (χ0v) is 20.2. The van der Waals surface area contributed by atoms with Crippen LogP contribution in [0.3, 0.4) is 0 Å². The summed E-state index contributed by atoms with van der Waals surface area (Å²) < 4.78 is 6.32. The average molecular weight is 559 g/mol. The Morgan fingerprint density at radius 2 is 2.00 bits per heavy atom. The van der Waals surface area contributed by atoms with Gasteiger partial charge in [-0.05, 0) is 48.2 Å². The van der Waals surface area contributed by atoms with E-state index >= 15 is 0 Å². The maximum absolute atomic E-state index is 5.20. The number of halogens is 2. The van der Waals surface area contributed by atoms with Gasteiger partial charge in [-0.2, -0.15) is 0 Å². The number of rotatable bonds is 6. The topological polar surface area (TPSA) is 48.9 Å². The molecule has 1 aliphatic heterocycles. The monoisotopic (exact) mass is 558 g/mol. The van der Waals surface area contributed by atoms with Gasteiger partial charge in [-0.3, -0.25) is 4.99 Å². The van der Waals surface area contributed by atoms with Crippen molar-refractivity contribution in [3.63, 3.8) is 0 Å². The molecule has 152 valence electrons. The number of benzene rings is 2.